The van der Waals surface area contributed by atoms with Gasteiger partial charge in [0, 0.05) is 7.05 Å². The number of nitrogens with one attached hydrogen (secondary N) is 2. The van der Waals surface area contributed by atoms with Crippen LogP contribution in [-0.4, -0.2) is 15.5 Å². The van der Waals surface area contributed by atoms with Gasteiger partial charge >= 0.3 is 0 Å². The van der Waals surface area contributed by atoms with E-state index in [1.807, 2.05) is 5.38 Å². The second-order valence-electron chi connectivity index (χ2n) is 4.44. The molecule has 0 saturated carbocycles. The monoisotopic (exact) mass is 325 g/mol. The molecule has 0 radical (unpaired) electrons. The largest absolute Gasteiger partial charge is 0.301 e. The molecule has 0 fully saturated rings. The molecule has 0 unspecified atom stereocenters. The van der Waals surface area contributed by atoms with Gasteiger partial charge in [0.1, 0.15) is 5.82 Å². The third-order valence-electron chi connectivity index (χ3n) is 3.06. The molecular weight excluding hydrogens is 313 g/mol. The Hall–Kier alpha value is -2.06. The molecule has 0 spiro atoms. The van der Waals surface area contributed by atoms with Crippen molar-refractivity contribution in [2.75, 3.05) is 16.8 Å². The van der Waals surface area contributed by atoms with Gasteiger partial charge in [-0.25, -0.2) is 12.8 Å². The summed E-state index contributed by atoms with van der Waals surface area (Å²) < 4.78 is 38.2. The van der Waals surface area contributed by atoms with Crippen LogP contribution in [0.4, 0.5) is 15.8 Å². The lowest BCUT2D eigenvalue weighted by Gasteiger charge is -2.24. The highest BCUT2D eigenvalue weighted by Gasteiger charge is 2.27. The summed E-state index contributed by atoms with van der Waals surface area (Å²) in [4.78, 5) is 0.821. The number of hydrazine groups is 1. The molecule has 1 aromatic carbocycles. The Balaban J connectivity index is 1.86. The molecule has 1 aliphatic heterocycles. The second kappa shape index (κ2) is 5.05. The van der Waals surface area contributed by atoms with Gasteiger partial charge in [0.25, 0.3) is 10.0 Å². The summed E-state index contributed by atoms with van der Waals surface area (Å²) in [5.41, 5.74) is 7.45. The van der Waals surface area contributed by atoms with E-state index in [-0.39, 0.29) is 5.82 Å². The van der Waals surface area contributed by atoms with E-state index in [4.69, 9.17) is 0 Å². The Kier molecular flexibility index (Phi) is 3.34. The van der Waals surface area contributed by atoms with E-state index in [2.05, 4.69) is 10.9 Å². The average molecular weight is 325 g/mol. The molecule has 0 amide bonds. The van der Waals surface area contributed by atoms with Crippen molar-refractivity contribution in [1.82, 2.24) is 5.43 Å². The molecule has 21 heavy (non-hydrogen) atoms. The molecule has 1 aliphatic rings. The lowest BCUT2D eigenvalue weighted by Crippen LogP contribution is -2.31. The van der Waals surface area contributed by atoms with Crippen molar-refractivity contribution in [2.45, 2.75) is 0 Å². The van der Waals surface area contributed by atoms with Crippen molar-refractivity contribution in [3.05, 3.63) is 51.8 Å². The van der Waals surface area contributed by atoms with E-state index in [1.54, 1.807) is 18.2 Å². The molecule has 2 heterocycles. The summed E-state index contributed by atoms with van der Waals surface area (Å²) in [6, 6.07) is 7.51. The molecule has 0 aliphatic carbocycles. The fourth-order valence-electron chi connectivity index (χ4n) is 1.93. The molecule has 1 aromatic heterocycles. The Morgan fingerprint density at radius 1 is 1.14 bits per heavy atom. The second-order valence-corrected chi connectivity index (χ2v) is 7.17. The lowest BCUT2D eigenvalue weighted by atomic mass is 10.3. The van der Waals surface area contributed by atoms with E-state index in [1.165, 1.54) is 40.2 Å². The summed E-state index contributed by atoms with van der Waals surface area (Å²) in [7, 11) is -1.97. The van der Waals surface area contributed by atoms with E-state index in [0.717, 1.165) is 4.88 Å². The van der Waals surface area contributed by atoms with Gasteiger partial charge in [-0.05, 0) is 35.7 Å². The topological polar surface area (TPSA) is 61.4 Å². The first kappa shape index (κ1) is 13.9. The first-order valence-electron chi connectivity index (χ1n) is 6.03. The normalized spacial score (nSPS) is 16.1. The summed E-state index contributed by atoms with van der Waals surface area (Å²) >= 11 is 1.44. The molecule has 110 valence electrons. The van der Waals surface area contributed by atoms with E-state index in [9.17, 15) is 12.8 Å². The summed E-state index contributed by atoms with van der Waals surface area (Å²) in [6.07, 6.45) is 0. The zero-order chi connectivity index (χ0) is 15.0. The Morgan fingerprint density at radius 3 is 2.57 bits per heavy atom. The Morgan fingerprint density at radius 2 is 1.86 bits per heavy atom. The smallest absolute Gasteiger partial charge is 0.259 e. The molecule has 0 atom stereocenters. The first-order valence-corrected chi connectivity index (χ1v) is 8.42. The summed E-state index contributed by atoms with van der Waals surface area (Å²) in [6.45, 7) is 0. The number of rotatable bonds is 3. The van der Waals surface area contributed by atoms with Gasteiger partial charge in [-0.1, -0.05) is 0 Å². The maximum atomic E-state index is 12.8. The zero-order valence-electron chi connectivity index (χ0n) is 11.0. The Bertz CT molecular complexity index is 797. The van der Waals surface area contributed by atoms with Gasteiger partial charge in [0.05, 0.1) is 27.4 Å². The minimum Gasteiger partial charge on any atom is -0.301 e. The zero-order valence-corrected chi connectivity index (χ0v) is 12.6. The Labute approximate surface area is 125 Å². The number of sulfonamides is 1. The number of benzene rings is 1. The van der Waals surface area contributed by atoms with Crippen molar-refractivity contribution in [2.24, 2.45) is 0 Å². The van der Waals surface area contributed by atoms with Crippen molar-refractivity contribution in [3.8, 4) is 0 Å². The number of thiophene rings is 1. The van der Waals surface area contributed by atoms with Crippen LogP contribution in [0.25, 0.3) is 5.70 Å². The van der Waals surface area contributed by atoms with E-state index < -0.39 is 10.0 Å². The SMILES string of the molecule is CN1c2ccsc2C(NNc2ccc(F)cc2)=CS1(=O)=O. The minimum absolute atomic E-state index is 0.331. The first-order chi connectivity index (χ1) is 9.97. The highest BCUT2D eigenvalue weighted by atomic mass is 32.2. The number of fused-ring (bicyclic) bond motifs is 1. The van der Waals surface area contributed by atoms with Crippen LogP contribution in [0.1, 0.15) is 4.88 Å². The number of anilines is 2. The fourth-order valence-corrected chi connectivity index (χ4v) is 4.02. The van der Waals surface area contributed by atoms with Crippen LogP contribution in [0.15, 0.2) is 41.1 Å². The van der Waals surface area contributed by atoms with Crippen LogP contribution in [0.2, 0.25) is 0 Å². The van der Waals surface area contributed by atoms with E-state index >= 15 is 0 Å². The number of nitrogens with zero attached hydrogens (tertiary/aromatic N) is 1. The standard InChI is InChI=1S/C13H12FN3O2S2/c1-17-12-6-7-20-13(12)11(8-21(17,18)19)16-15-10-4-2-9(14)3-5-10/h2-8,15-16H,1H3. The quantitative estimate of drug-likeness (QED) is 0.852. The van der Waals surface area contributed by atoms with Crippen molar-refractivity contribution in [1.29, 1.82) is 0 Å². The van der Waals surface area contributed by atoms with Crippen LogP contribution in [0.3, 0.4) is 0 Å². The molecule has 0 bridgehead atoms. The van der Waals surface area contributed by atoms with E-state index in [0.29, 0.717) is 17.1 Å². The molecule has 2 aromatic rings. The lowest BCUT2D eigenvalue weighted by molar-refractivity contribution is 0.602. The summed E-state index contributed by atoms with van der Waals surface area (Å²) in [5, 5.41) is 3.00. The third-order valence-corrected chi connectivity index (χ3v) is 5.49. The number of halogens is 1. The van der Waals surface area contributed by atoms with Gasteiger partial charge in [0.15, 0.2) is 0 Å². The minimum atomic E-state index is -3.49. The van der Waals surface area contributed by atoms with Crippen LogP contribution < -0.4 is 15.2 Å². The van der Waals surface area contributed by atoms with Crippen LogP contribution in [0, 0.1) is 5.82 Å². The molecule has 8 heteroatoms. The molecule has 5 nitrogen and oxygen atoms in total. The maximum Gasteiger partial charge on any atom is 0.259 e. The number of hydrogen-bond donors (Lipinski definition) is 2. The van der Waals surface area contributed by atoms with Crippen LogP contribution >= 0.6 is 11.3 Å². The summed E-state index contributed by atoms with van der Waals surface area (Å²) in [5.74, 6) is -0.331. The fraction of sp³-hybridized carbons (Fsp3) is 0.0769. The maximum absolute atomic E-state index is 12.8. The molecule has 2 N–H and O–H groups in total. The van der Waals surface area contributed by atoms with Crippen molar-refractivity contribution in [3.63, 3.8) is 0 Å². The van der Waals surface area contributed by atoms with Crippen LogP contribution in [-0.2, 0) is 10.0 Å². The predicted octanol–water partition coefficient (Wildman–Crippen LogP) is 2.58. The van der Waals surface area contributed by atoms with Gasteiger partial charge in [-0.3, -0.25) is 9.73 Å². The third kappa shape index (κ3) is 2.59. The average Bonchev–Trinajstić information content (AvgIpc) is 2.93. The molecule has 3 rings (SSSR count). The van der Waals surface area contributed by atoms with Crippen molar-refractivity contribution < 1.29 is 12.8 Å². The predicted molar refractivity (Wildman–Crippen MR) is 82.8 cm³/mol. The van der Waals surface area contributed by atoms with Crippen LogP contribution in [0.5, 0.6) is 0 Å². The van der Waals surface area contributed by atoms with Gasteiger partial charge in [-0.2, -0.15) is 0 Å². The van der Waals surface area contributed by atoms with Gasteiger partial charge < -0.3 is 5.43 Å². The molecule has 0 saturated heterocycles. The van der Waals surface area contributed by atoms with Gasteiger partial charge in [-0.15, -0.1) is 11.3 Å². The molecular formula is C13H12FN3O2S2. The highest BCUT2D eigenvalue weighted by Crippen LogP contribution is 2.36. The van der Waals surface area contributed by atoms with Crippen molar-refractivity contribution >= 4 is 38.4 Å². The number of hydrogen-bond acceptors (Lipinski definition) is 5. The highest BCUT2D eigenvalue weighted by molar-refractivity contribution is 7.95. The van der Waals surface area contributed by atoms with Gasteiger partial charge in [0.2, 0.25) is 0 Å².